The van der Waals surface area contributed by atoms with E-state index in [1.54, 1.807) is 0 Å². The Hall–Kier alpha value is -2.90. The molecule has 4 rings (SSSR count). The summed E-state index contributed by atoms with van der Waals surface area (Å²) in [5, 5.41) is 5.00. The Labute approximate surface area is 144 Å². The van der Waals surface area contributed by atoms with Crippen molar-refractivity contribution in [3.8, 4) is 0 Å². The lowest BCUT2D eigenvalue weighted by Gasteiger charge is -2.25. The molecular formula is C17H19N5O3. The third-order valence-corrected chi connectivity index (χ3v) is 4.62. The molecule has 1 aliphatic carbocycles. The van der Waals surface area contributed by atoms with Gasteiger partial charge in [0.1, 0.15) is 12.4 Å². The second-order valence-electron chi connectivity index (χ2n) is 6.58. The van der Waals surface area contributed by atoms with Crippen LogP contribution in [0.25, 0.3) is 11.0 Å². The first-order valence-corrected chi connectivity index (χ1v) is 8.36. The number of nitrogens with zero attached hydrogens (tertiary/aromatic N) is 3. The number of carbonyl (C=O) groups excluding carboxylic acids is 3. The summed E-state index contributed by atoms with van der Waals surface area (Å²) >= 11 is 0. The molecule has 0 radical (unpaired) electrons. The zero-order valence-electron chi connectivity index (χ0n) is 13.9. The van der Waals surface area contributed by atoms with Crippen molar-refractivity contribution in [2.24, 2.45) is 7.05 Å². The van der Waals surface area contributed by atoms with Gasteiger partial charge in [0.05, 0.1) is 11.0 Å². The Balaban J connectivity index is 1.46. The average molecular weight is 341 g/mol. The van der Waals surface area contributed by atoms with Crippen LogP contribution in [0.2, 0.25) is 0 Å². The van der Waals surface area contributed by atoms with E-state index in [0.29, 0.717) is 11.6 Å². The molecule has 8 heteroatoms. The highest BCUT2D eigenvalue weighted by atomic mass is 16.2. The summed E-state index contributed by atoms with van der Waals surface area (Å²) in [6, 6.07) is 5.09. The van der Waals surface area contributed by atoms with Gasteiger partial charge < -0.3 is 14.8 Å². The van der Waals surface area contributed by atoms with Crippen LogP contribution in [0, 0.1) is 0 Å². The van der Waals surface area contributed by atoms with Gasteiger partial charge in [0.15, 0.2) is 0 Å². The smallest absolute Gasteiger partial charge is 0.324 e. The number of hydrogen-bond donors (Lipinski definition) is 2. The van der Waals surface area contributed by atoms with E-state index < -0.39 is 6.03 Å². The van der Waals surface area contributed by atoms with E-state index in [9.17, 15) is 14.4 Å². The first kappa shape index (κ1) is 15.6. The predicted octanol–water partition coefficient (Wildman–Crippen LogP) is 1.33. The summed E-state index contributed by atoms with van der Waals surface area (Å²) in [5.41, 5.74) is 2.53. The third kappa shape index (κ3) is 3.07. The minimum atomic E-state index is -0.527. The standard InChI is InChI=1S/C17H19N5O3/c1-21-13-5-4-11(8-12(13)19-16(21)10-2-3-10)18-15(24)9-22-7-6-14(23)20-17(22)25/h4-5,8,10H,2-3,6-7,9H2,1H3,(H,18,24)(H,20,23,25). The maximum Gasteiger partial charge on any atom is 0.324 e. The summed E-state index contributed by atoms with van der Waals surface area (Å²) in [5.74, 6) is 1.03. The summed E-state index contributed by atoms with van der Waals surface area (Å²) in [6.07, 6.45) is 2.57. The Morgan fingerprint density at radius 3 is 2.88 bits per heavy atom. The van der Waals surface area contributed by atoms with E-state index in [1.165, 1.54) is 17.7 Å². The number of aromatic nitrogens is 2. The molecule has 2 N–H and O–H groups in total. The second kappa shape index (κ2) is 5.87. The summed E-state index contributed by atoms with van der Waals surface area (Å²) in [7, 11) is 2.01. The number of rotatable bonds is 4. The average Bonchev–Trinajstić information content (AvgIpc) is 3.35. The highest BCUT2D eigenvalue weighted by Gasteiger charge is 2.28. The molecule has 1 aliphatic heterocycles. The van der Waals surface area contributed by atoms with Gasteiger partial charge in [-0.05, 0) is 31.0 Å². The number of aryl methyl sites for hydroxylation is 1. The minimum Gasteiger partial charge on any atom is -0.331 e. The van der Waals surface area contributed by atoms with Gasteiger partial charge in [0.25, 0.3) is 0 Å². The Morgan fingerprint density at radius 2 is 2.16 bits per heavy atom. The van der Waals surface area contributed by atoms with Crippen LogP contribution in [0.4, 0.5) is 10.5 Å². The molecule has 2 aromatic rings. The fourth-order valence-corrected chi connectivity index (χ4v) is 3.13. The highest BCUT2D eigenvalue weighted by Crippen LogP contribution is 2.40. The summed E-state index contributed by atoms with van der Waals surface area (Å²) < 4.78 is 2.10. The van der Waals surface area contributed by atoms with Crippen molar-refractivity contribution >= 4 is 34.6 Å². The minimum absolute atomic E-state index is 0.0906. The van der Waals surface area contributed by atoms with Crippen LogP contribution < -0.4 is 10.6 Å². The van der Waals surface area contributed by atoms with Crippen LogP contribution in [0.1, 0.15) is 31.0 Å². The largest absolute Gasteiger partial charge is 0.331 e. The molecule has 4 amide bonds. The molecule has 2 fully saturated rings. The summed E-state index contributed by atoms with van der Waals surface area (Å²) in [6.45, 7) is 0.162. The van der Waals surface area contributed by atoms with E-state index in [2.05, 4.69) is 20.2 Å². The normalized spacial score (nSPS) is 17.7. The summed E-state index contributed by atoms with van der Waals surface area (Å²) in [4.78, 5) is 41.0. The van der Waals surface area contributed by atoms with E-state index in [-0.39, 0.29) is 31.3 Å². The first-order valence-electron chi connectivity index (χ1n) is 8.36. The number of hydrogen-bond acceptors (Lipinski definition) is 4. The van der Waals surface area contributed by atoms with Crippen molar-refractivity contribution in [3.63, 3.8) is 0 Å². The Bertz CT molecular complexity index is 884. The number of benzene rings is 1. The SMILES string of the molecule is Cn1c(C2CC2)nc2cc(NC(=O)CN3CCC(=O)NC3=O)ccc21. The molecule has 130 valence electrons. The van der Waals surface area contributed by atoms with Crippen molar-refractivity contribution < 1.29 is 14.4 Å². The van der Waals surface area contributed by atoms with Crippen molar-refractivity contribution in [3.05, 3.63) is 24.0 Å². The van der Waals surface area contributed by atoms with Crippen molar-refractivity contribution in [2.45, 2.75) is 25.2 Å². The van der Waals surface area contributed by atoms with Gasteiger partial charge in [-0.15, -0.1) is 0 Å². The number of fused-ring (bicyclic) bond motifs is 1. The molecule has 8 nitrogen and oxygen atoms in total. The molecule has 2 aliphatic rings. The van der Waals surface area contributed by atoms with E-state index in [1.807, 2.05) is 25.2 Å². The molecule has 0 spiro atoms. The third-order valence-electron chi connectivity index (χ3n) is 4.62. The number of carbonyl (C=O) groups is 3. The van der Waals surface area contributed by atoms with Crippen LogP contribution in [-0.2, 0) is 16.6 Å². The van der Waals surface area contributed by atoms with Crippen LogP contribution in [0.15, 0.2) is 18.2 Å². The topological polar surface area (TPSA) is 96.3 Å². The lowest BCUT2D eigenvalue weighted by atomic mass is 10.2. The van der Waals surface area contributed by atoms with Gasteiger partial charge in [0, 0.05) is 31.6 Å². The maximum atomic E-state index is 12.2. The van der Waals surface area contributed by atoms with Gasteiger partial charge in [0.2, 0.25) is 11.8 Å². The highest BCUT2D eigenvalue weighted by molar-refractivity contribution is 6.00. The zero-order chi connectivity index (χ0) is 17.6. The fraction of sp³-hybridized carbons (Fsp3) is 0.412. The van der Waals surface area contributed by atoms with Crippen LogP contribution in [0.5, 0.6) is 0 Å². The molecule has 1 aromatic heterocycles. The lowest BCUT2D eigenvalue weighted by molar-refractivity contribution is -0.123. The number of imidazole rings is 1. The van der Waals surface area contributed by atoms with E-state index >= 15 is 0 Å². The van der Waals surface area contributed by atoms with E-state index in [0.717, 1.165) is 16.9 Å². The molecule has 1 saturated heterocycles. The van der Waals surface area contributed by atoms with Gasteiger partial charge in [-0.2, -0.15) is 0 Å². The number of nitrogens with one attached hydrogen (secondary N) is 2. The predicted molar refractivity (Wildman–Crippen MR) is 91.0 cm³/mol. The van der Waals surface area contributed by atoms with Gasteiger partial charge >= 0.3 is 6.03 Å². The molecule has 1 saturated carbocycles. The monoisotopic (exact) mass is 341 g/mol. The van der Waals surface area contributed by atoms with Gasteiger partial charge in [-0.3, -0.25) is 14.9 Å². The van der Waals surface area contributed by atoms with Crippen molar-refractivity contribution in [1.82, 2.24) is 19.8 Å². The molecular weight excluding hydrogens is 322 g/mol. The molecule has 1 aromatic carbocycles. The molecule has 25 heavy (non-hydrogen) atoms. The maximum absolute atomic E-state index is 12.2. The quantitative estimate of drug-likeness (QED) is 0.877. The van der Waals surface area contributed by atoms with Crippen molar-refractivity contribution in [2.75, 3.05) is 18.4 Å². The molecule has 0 atom stereocenters. The number of imide groups is 1. The molecule has 0 bridgehead atoms. The van der Waals surface area contributed by atoms with Crippen LogP contribution in [-0.4, -0.2) is 45.4 Å². The molecule has 2 heterocycles. The fourth-order valence-electron chi connectivity index (χ4n) is 3.13. The van der Waals surface area contributed by atoms with E-state index in [4.69, 9.17) is 0 Å². The van der Waals surface area contributed by atoms with Crippen LogP contribution >= 0.6 is 0 Å². The lowest BCUT2D eigenvalue weighted by Crippen LogP contribution is -2.51. The number of urea groups is 1. The Kier molecular flexibility index (Phi) is 3.67. The Morgan fingerprint density at radius 1 is 1.36 bits per heavy atom. The van der Waals surface area contributed by atoms with Crippen LogP contribution in [0.3, 0.4) is 0 Å². The first-order chi connectivity index (χ1) is 12.0. The van der Waals surface area contributed by atoms with Gasteiger partial charge in [-0.25, -0.2) is 9.78 Å². The van der Waals surface area contributed by atoms with Gasteiger partial charge in [-0.1, -0.05) is 0 Å². The second-order valence-corrected chi connectivity index (χ2v) is 6.58. The zero-order valence-corrected chi connectivity index (χ0v) is 13.9. The number of amides is 4. The van der Waals surface area contributed by atoms with Crippen molar-refractivity contribution in [1.29, 1.82) is 0 Å². The number of anilines is 1. The molecule has 0 unspecified atom stereocenters.